The lowest BCUT2D eigenvalue weighted by Crippen LogP contribution is -2.23. The van der Waals surface area contributed by atoms with Crippen LogP contribution in [0.25, 0.3) is 0 Å². The van der Waals surface area contributed by atoms with E-state index < -0.39 is 0 Å². The lowest BCUT2D eigenvalue weighted by Gasteiger charge is -2.11. The van der Waals surface area contributed by atoms with Crippen molar-refractivity contribution in [3.63, 3.8) is 0 Å². The highest BCUT2D eigenvalue weighted by Crippen LogP contribution is 2.21. The zero-order valence-corrected chi connectivity index (χ0v) is 15.3. The molecule has 0 atom stereocenters. The van der Waals surface area contributed by atoms with E-state index in [0.29, 0.717) is 12.1 Å². The molecule has 0 unspecified atom stereocenters. The van der Waals surface area contributed by atoms with Crippen molar-refractivity contribution in [1.29, 1.82) is 0 Å². The predicted molar refractivity (Wildman–Crippen MR) is 106 cm³/mol. The Bertz CT molecular complexity index is 934. The first-order valence-corrected chi connectivity index (χ1v) is 8.64. The predicted octanol–water partition coefficient (Wildman–Crippen LogP) is 4.68. The molecule has 3 rings (SSSR count). The van der Waals surface area contributed by atoms with Crippen LogP contribution in [-0.4, -0.2) is 10.9 Å². The number of pyridine rings is 1. The van der Waals surface area contributed by atoms with Gasteiger partial charge in [-0.2, -0.15) is 0 Å². The minimum absolute atomic E-state index is 0.136. The van der Waals surface area contributed by atoms with Gasteiger partial charge in [-0.05, 0) is 49.6 Å². The van der Waals surface area contributed by atoms with Crippen LogP contribution in [-0.2, 0) is 6.54 Å². The van der Waals surface area contributed by atoms with Crippen LogP contribution >= 0.6 is 0 Å². The summed E-state index contributed by atoms with van der Waals surface area (Å²) < 4.78 is 0. The maximum Gasteiger partial charge on any atom is 0.253 e. The Hall–Kier alpha value is -3.14. The third-order valence-corrected chi connectivity index (χ3v) is 4.21. The van der Waals surface area contributed by atoms with Crippen LogP contribution in [0.1, 0.15) is 32.6 Å². The van der Waals surface area contributed by atoms with E-state index in [1.54, 1.807) is 12.4 Å². The van der Waals surface area contributed by atoms with Crippen molar-refractivity contribution in [2.45, 2.75) is 27.3 Å². The van der Waals surface area contributed by atoms with Crippen LogP contribution in [0.4, 0.5) is 11.4 Å². The van der Waals surface area contributed by atoms with Gasteiger partial charge >= 0.3 is 0 Å². The van der Waals surface area contributed by atoms with Crippen LogP contribution < -0.4 is 10.6 Å². The molecule has 1 aromatic heterocycles. The number of rotatable bonds is 5. The number of nitrogens with zero attached hydrogens (tertiary/aromatic N) is 1. The Morgan fingerprint density at radius 3 is 2.58 bits per heavy atom. The van der Waals surface area contributed by atoms with Crippen LogP contribution in [0.3, 0.4) is 0 Å². The van der Waals surface area contributed by atoms with Crippen LogP contribution in [0.5, 0.6) is 0 Å². The van der Waals surface area contributed by atoms with Crippen LogP contribution in [0.2, 0.25) is 0 Å². The molecule has 0 saturated heterocycles. The monoisotopic (exact) mass is 345 g/mol. The molecular weight excluding hydrogens is 322 g/mol. The highest BCUT2D eigenvalue weighted by molar-refractivity contribution is 5.94. The Balaban J connectivity index is 1.70. The van der Waals surface area contributed by atoms with Gasteiger partial charge < -0.3 is 10.6 Å². The number of carbonyl (C=O) groups is 1. The second kappa shape index (κ2) is 7.83. The van der Waals surface area contributed by atoms with Crippen LogP contribution in [0.15, 0.2) is 60.9 Å². The fourth-order valence-electron chi connectivity index (χ4n) is 2.76. The SMILES string of the molecule is Cc1cccc(CNC(=O)c2cncc(Nc3cc(C)ccc3C)c2)c1. The van der Waals surface area contributed by atoms with E-state index in [2.05, 4.69) is 46.8 Å². The van der Waals surface area contributed by atoms with E-state index in [1.807, 2.05) is 38.1 Å². The topological polar surface area (TPSA) is 54.0 Å². The molecular formula is C22H23N3O. The molecule has 3 aromatic rings. The average molecular weight is 345 g/mol. The van der Waals surface area contributed by atoms with Gasteiger partial charge in [-0.3, -0.25) is 9.78 Å². The van der Waals surface area contributed by atoms with Crippen molar-refractivity contribution in [3.05, 3.63) is 88.7 Å². The van der Waals surface area contributed by atoms with Crippen molar-refractivity contribution in [3.8, 4) is 0 Å². The Kier molecular flexibility index (Phi) is 5.32. The van der Waals surface area contributed by atoms with Gasteiger partial charge in [0.15, 0.2) is 0 Å². The quantitative estimate of drug-likeness (QED) is 0.706. The molecule has 0 aliphatic carbocycles. The normalized spacial score (nSPS) is 10.4. The van der Waals surface area contributed by atoms with Crippen molar-refractivity contribution in [1.82, 2.24) is 10.3 Å². The number of carbonyl (C=O) groups excluding carboxylic acids is 1. The smallest absolute Gasteiger partial charge is 0.253 e. The first-order valence-electron chi connectivity index (χ1n) is 8.64. The van der Waals surface area contributed by atoms with E-state index in [4.69, 9.17) is 0 Å². The molecule has 4 nitrogen and oxygen atoms in total. The molecule has 0 fully saturated rings. The minimum Gasteiger partial charge on any atom is -0.354 e. The van der Waals surface area contributed by atoms with E-state index in [9.17, 15) is 4.79 Å². The fraction of sp³-hybridized carbons (Fsp3) is 0.182. The highest BCUT2D eigenvalue weighted by Gasteiger charge is 2.08. The maximum atomic E-state index is 12.4. The molecule has 0 radical (unpaired) electrons. The van der Waals surface area contributed by atoms with Crippen molar-refractivity contribution < 1.29 is 4.79 Å². The number of benzene rings is 2. The summed E-state index contributed by atoms with van der Waals surface area (Å²) in [5.41, 5.74) is 6.93. The lowest BCUT2D eigenvalue weighted by atomic mass is 10.1. The largest absolute Gasteiger partial charge is 0.354 e. The first kappa shape index (κ1) is 17.7. The molecule has 2 aromatic carbocycles. The average Bonchev–Trinajstić information content (AvgIpc) is 2.63. The number of nitrogens with one attached hydrogen (secondary N) is 2. The molecule has 132 valence electrons. The third kappa shape index (κ3) is 4.48. The molecule has 0 spiro atoms. The lowest BCUT2D eigenvalue weighted by molar-refractivity contribution is 0.0950. The molecule has 0 bridgehead atoms. The Morgan fingerprint density at radius 2 is 1.77 bits per heavy atom. The van der Waals surface area contributed by atoms with Crippen molar-refractivity contribution in [2.24, 2.45) is 0 Å². The Morgan fingerprint density at radius 1 is 0.962 bits per heavy atom. The number of anilines is 2. The molecule has 26 heavy (non-hydrogen) atoms. The Labute approximate surface area is 154 Å². The molecule has 1 heterocycles. The zero-order chi connectivity index (χ0) is 18.5. The van der Waals surface area contributed by atoms with E-state index in [-0.39, 0.29) is 5.91 Å². The molecule has 0 aliphatic rings. The molecule has 1 amide bonds. The van der Waals surface area contributed by atoms with Crippen molar-refractivity contribution >= 4 is 17.3 Å². The third-order valence-electron chi connectivity index (χ3n) is 4.21. The van der Waals surface area contributed by atoms with Crippen molar-refractivity contribution in [2.75, 3.05) is 5.32 Å². The van der Waals surface area contributed by atoms with Gasteiger partial charge in [-0.15, -0.1) is 0 Å². The number of aromatic nitrogens is 1. The minimum atomic E-state index is -0.136. The van der Waals surface area contributed by atoms with E-state index >= 15 is 0 Å². The molecule has 0 saturated carbocycles. The fourth-order valence-corrected chi connectivity index (χ4v) is 2.76. The summed E-state index contributed by atoms with van der Waals surface area (Å²) in [6.07, 6.45) is 3.30. The summed E-state index contributed by atoms with van der Waals surface area (Å²) in [6.45, 7) is 6.64. The number of hydrogen-bond acceptors (Lipinski definition) is 3. The van der Waals surface area contributed by atoms with Gasteiger partial charge in [0.1, 0.15) is 0 Å². The first-order chi connectivity index (χ1) is 12.5. The second-order valence-electron chi connectivity index (χ2n) is 6.58. The number of aryl methyl sites for hydroxylation is 3. The van der Waals surface area contributed by atoms with Gasteiger partial charge in [0.05, 0.1) is 17.4 Å². The van der Waals surface area contributed by atoms with E-state index in [0.717, 1.165) is 22.5 Å². The standard InChI is InChI=1S/C22H23N3O/c1-15-5-4-6-18(9-15)12-24-22(26)19-11-20(14-23-13-19)25-21-10-16(2)7-8-17(21)3/h4-11,13-14,25H,12H2,1-3H3,(H,24,26). The molecule has 0 aliphatic heterocycles. The van der Waals surface area contributed by atoms with Gasteiger partial charge in [-0.25, -0.2) is 0 Å². The van der Waals surface area contributed by atoms with E-state index in [1.165, 1.54) is 11.1 Å². The molecule has 2 N–H and O–H groups in total. The summed E-state index contributed by atoms with van der Waals surface area (Å²) in [7, 11) is 0. The number of hydrogen-bond donors (Lipinski definition) is 2. The summed E-state index contributed by atoms with van der Waals surface area (Å²) in [4.78, 5) is 16.6. The maximum absolute atomic E-state index is 12.4. The number of amides is 1. The summed E-state index contributed by atoms with van der Waals surface area (Å²) >= 11 is 0. The highest BCUT2D eigenvalue weighted by atomic mass is 16.1. The van der Waals surface area contributed by atoms with Gasteiger partial charge in [-0.1, -0.05) is 42.0 Å². The molecule has 4 heteroatoms. The summed E-state index contributed by atoms with van der Waals surface area (Å²) in [6, 6.07) is 16.2. The van der Waals surface area contributed by atoms with Crippen LogP contribution in [0, 0.1) is 20.8 Å². The summed E-state index contributed by atoms with van der Waals surface area (Å²) in [5, 5.41) is 6.29. The zero-order valence-electron chi connectivity index (χ0n) is 15.3. The second-order valence-corrected chi connectivity index (χ2v) is 6.58. The van der Waals surface area contributed by atoms with Gasteiger partial charge in [0.2, 0.25) is 0 Å². The van der Waals surface area contributed by atoms with Gasteiger partial charge in [0, 0.05) is 18.4 Å². The van der Waals surface area contributed by atoms with Gasteiger partial charge in [0.25, 0.3) is 5.91 Å². The summed E-state index contributed by atoms with van der Waals surface area (Å²) in [5.74, 6) is -0.136.